The standard InChI is InChI=1S/C16H15N3OS/c20-16(18-15-5-1-2-7-17-15)11-14(13-6-10-21-12-13)19-8-3-4-9-19/h1-10,12,14H,11H2,(H,17,18,20)/t14-/m1/s1. The summed E-state index contributed by atoms with van der Waals surface area (Å²) in [5, 5.41) is 6.95. The topological polar surface area (TPSA) is 46.9 Å². The van der Waals surface area contributed by atoms with Gasteiger partial charge in [-0.3, -0.25) is 4.79 Å². The number of hydrogen-bond acceptors (Lipinski definition) is 3. The Morgan fingerprint density at radius 3 is 2.76 bits per heavy atom. The molecule has 0 aliphatic carbocycles. The zero-order chi connectivity index (χ0) is 14.5. The van der Waals surface area contributed by atoms with Gasteiger partial charge in [-0.2, -0.15) is 11.3 Å². The zero-order valence-electron chi connectivity index (χ0n) is 11.3. The van der Waals surface area contributed by atoms with Gasteiger partial charge in [-0.1, -0.05) is 6.07 Å². The molecule has 0 aromatic carbocycles. The van der Waals surface area contributed by atoms with Crippen LogP contribution in [-0.4, -0.2) is 15.5 Å². The number of pyridine rings is 1. The largest absolute Gasteiger partial charge is 0.346 e. The molecule has 0 fully saturated rings. The number of thiophene rings is 1. The Balaban J connectivity index is 1.75. The SMILES string of the molecule is O=C(C[C@H](c1ccsc1)n1cccc1)Nc1ccccn1. The van der Waals surface area contributed by atoms with Gasteiger partial charge in [0.05, 0.1) is 12.5 Å². The summed E-state index contributed by atoms with van der Waals surface area (Å²) in [7, 11) is 0. The minimum atomic E-state index is -0.0430. The first-order chi connectivity index (χ1) is 10.3. The van der Waals surface area contributed by atoms with Crippen LogP contribution in [0.4, 0.5) is 5.82 Å². The average Bonchev–Trinajstić information content (AvgIpc) is 3.19. The summed E-state index contributed by atoms with van der Waals surface area (Å²) in [6, 6.07) is 11.5. The highest BCUT2D eigenvalue weighted by Crippen LogP contribution is 2.24. The van der Waals surface area contributed by atoms with Crippen molar-refractivity contribution in [2.24, 2.45) is 0 Å². The number of aromatic nitrogens is 2. The maximum Gasteiger partial charge on any atom is 0.227 e. The molecule has 1 amide bonds. The molecule has 3 heterocycles. The Morgan fingerprint density at radius 1 is 1.24 bits per heavy atom. The summed E-state index contributed by atoms with van der Waals surface area (Å²) >= 11 is 1.64. The minimum absolute atomic E-state index is 0.00922. The third-order valence-corrected chi connectivity index (χ3v) is 3.93. The molecule has 0 spiro atoms. The van der Waals surface area contributed by atoms with E-state index in [0.29, 0.717) is 12.2 Å². The molecule has 0 aliphatic heterocycles. The van der Waals surface area contributed by atoms with Crippen LogP contribution >= 0.6 is 11.3 Å². The predicted octanol–water partition coefficient (Wildman–Crippen LogP) is 3.56. The lowest BCUT2D eigenvalue weighted by atomic mass is 10.1. The summed E-state index contributed by atoms with van der Waals surface area (Å²) in [5.74, 6) is 0.540. The summed E-state index contributed by atoms with van der Waals surface area (Å²) in [6.07, 6.45) is 6.01. The van der Waals surface area contributed by atoms with Crippen molar-refractivity contribution in [1.82, 2.24) is 9.55 Å². The fourth-order valence-corrected chi connectivity index (χ4v) is 2.93. The number of carbonyl (C=O) groups is 1. The van der Waals surface area contributed by atoms with Gasteiger partial charge in [0.25, 0.3) is 0 Å². The quantitative estimate of drug-likeness (QED) is 0.782. The molecule has 106 valence electrons. The second-order valence-corrected chi connectivity index (χ2v) is 5.45. The van der Waals surface area contributed by atoms with Gasteiger partial charge in [0.1, 0.15) is 5.82 Å². The monoisotopic (exact) mass is 297 g/mol. The summed E-state index contributed by atoms with van der Waals surface area (Å²) in [4.78, 5) is 16.4. The smallest absolute Gasteiger partial charge is 0.227 e. The van der Waals surface area contributed by atoms with Crippen LogP contribution in [0, 0.1) is 0 Å². The van der Waals surface area contributed by atoms with Crippen LogP contribution in [0.1, 0.15) is 18.0 Å². The molecule has 3 aromatic rings. The van der Waals surface area contributed by atoms with Crippen LogP contribution in [0.5, 0.6) is 0 Å². The summed E-state index contributed by atoms with van der Waals surface area (Å²) in [5.41, 5.74) is 1.15. The number of rotatable bonds is 5. The van der Waals surface area contributed by atoms with Crippen LogP contribution in [0.15, 0.2) is 65.7 Å². The van der Waals surface area contributed by atoms with E-state index in [4.69, 9.17) is 0 Å². The third-order valence-electron chi connectivity index (χ3n) is 3.23. The van der Waals surface area contributed by atoms with Crippen molar-refractivity contribution >= 4 is 23.1 Å². The normalized spacial score (nSPS) is 12.0. The van der Waals surface area contributed by atoms with Gasteiger partial charge in [-0.05, 0) is 46.7 Å². The van der Waals surface area contributed by atoms with Gasteiger partial charge in [-0.15, -0.1) is 0 Å². The van der Waals surface area contributed by atoms with E-state index in [1.807, 2.05) is 42.0 Å². The molecule has 0 unspecified atom stereocenters. The molecule has 4 nitrogen and oxygen atoms in total. The number of nitrogens with one attached hydrogen (secondary N) is 1. The molecule has 5 heteroatoms. The number of anilines is 1. The molecule has 3 aromatic heterocycles. The molecule has 3 rings (SSSR count). The summed E-state index contributed by atoms with van der Waals surface area (Å²) in [6.45, 7) is 0. The van der Waals surface area contributed by atoms with Gasteiger partial charge in [-0.25, -0.2) is 4.98 Å². The highest BCUT2D eigenvalue weighted by Gasteiger charge is 2.18. The van der Waals surface area contributed by atoms with Gasteiger partial charge in [0, 0.05) is 18.6 Å². The first-order valence-corrected chi connectivity index (χ1v) is 7.62. The number of nitrogens with zero attached hydrogens (tertiary/aromatic N) is 2. The van der Waals surface area contributed by atoms with E-state index in [0.717, 1.165) is 5.56 Å². The Morgan fingerprint density at radius 2 is 2.10 bits per heavy atom. The second-order valence-electron chi connectivity index (χ2n) is 4.67. The lowest BCUT2D eigenvalue weighted by Gasteiger charge is -2.17. The van der Waals surface area contributed by atoms with Crippen LogP contribution < -0.4 is 5.32 Å². The molecule has 1 atom stereocenters. The van der Waals surface area contributed by atoms with Gasteiger partial charge in [0.15, 0.2) is 0 Å². The lowest BCUT2D eigenvalue weighted by Crippen LogP contribution is -2.19. The van der Waals surface area contributed by atoms with Crippen molar-refractivity contribution in [3.63, 3.8) is 0 Å². The van der Waals surface area contributed by atoms with Crippen molar-refractivity contribution in [3.8, 4) is 0 Å². The van der Waals surface area contributed by atoms with Crippen molar-refractivity contribution < 1.29 is 4.79 Å². The molecular weight excluding hydrogens is 282 g/mol. The molecule has 0 radical (unpaired) electrons. The van der Waals surface area contributed by atoms with E-state index in [1.165, 1.54) is 0 Å². The lowest BCUT2D eigenvalue weighted by molar-refractivity contribution is -0.116. The molecule has 0 saturated carbocycles. The van der Waals surface area contributed by atoms with E-state index in [9.17, 15) is 4.79 Å². The van der Waals surface area contributed by atoms with Crippen LogP contribution in [0.2, 0.25) is 0 Å². The molecule has 0 saturated heterocycles. The highest BCUT2D eigenvalue weighted by molar-refractivity contribution is 7.08. The fraction of sp³-hybridized carbons (Fsp3) is 0.125. The highest BCUT2D eigenvalue weighted by atomic mass is 32.1. The first-order valence-electron chi connectivity index (χ1n) is 6.68. The van der Waals surface area contributed by atoms with Crippen molar-refractivity contribution in [2.45, 2.75) is 12.5 Å². The third kappa shape index (κ3) is 3.38. The molecule has 0 aliphatic rings. The minimum Gasteiger partial charge on any atom is -0.346 e. The van der Waals surface area contributed by atoms with E-state index < -0.39 is 0 Å². The maximum absolute atomic E-state index is 12.3. The van der Waals surface area contributed by atoms with E-state index in [2.05, 4.69) is 26.3 Å². The van der Waals surface area contributed by atoms with E-state index in [-0.39, 0.29) is 11.9 Å². The van der Waals surface area contributed by atoms with E-state index >= 15 is 0 Å². The Bertz CT molecular complexity index is 643. The fourth-order valence-electron chi connectivity index (χ4n) is 2.22. The maximum atomic E-state index is 12.3. The Hall–Kier alpha value is -2.40. The van der Waals surface area contributed by atoms with Gasteiger partial charge in [0.2, 0.25) is 5.91 Å². The predicted molar refractivity (Wildman–Crippen MR) is 84.4 cm³/mol. The Labute approximate surface area is 127 Å². The van der Waals surface area contributed by atoms with Crippen molar-refractivity contribution in [2.75, 3.05) is 5.32 Å². The van der Waals surface area contributed by atoms with Crippen molar-refractivity contribution in [1.29, 1.82) is 0 Å². The van der Waals surface area contributed by atoms with E-state index in [1.54, 1.807) is 23.6 Å². The number of carbonyl (C=O) groups excluding carboxylic acids is 1. The van der Waals surface area contributed by atoms with Crippen LogP contribution in [-0.2, 0) is 4.79 Å². The van der Waals surface area contributed by atoms with Crippen LogP contribution in [0.25, 0.3) is 0 Å². The first kappa shape index (κ1) is 13.6. The molecule has 0 bridgehead atoms. The molecular formula is C16H15N3OS. The second kappa shape index (κ2) is 6.37. The van der Waals surface area contributed by atoms with Gasteiger partial charge < -0.3 is 9.88 Å². The zero-order valence-corrected chi connectivity index (χ0v) is 12.2. The summed E-state index contributed by atoms with van der Waals surface area (Å²) < 4.78 is 2.06. The van der Waals surface area contributed by atoms with Crippen molar-refractivity contribution in [3.05, 3.63) is 71.3 Å². The molecule has 1 N–H and O–H groups in total. The van der Waals surface area contributed by atoms with Crippen LogP contribution in [0.3, 0.4) is 0 Å². The average molecular weight is 297 g/mol. The molecule has 21 heavy (non-hydrogen) atoms. The Kier molecular flexibility index (Phi) is 4.12. The number of hydrogen-bond donors (Lipinski definition) is 1. The van der Waals surface area contributed by atoms with Gasteiger partial charge >= 0.3 is 0 Å². The number of amides is 1.